The molecule has 0 saturated heterocycles. The summed E-state index contributed by atoms with van der Waals surface area (Å²) >= 11 is 0. The summed E-state index contributed by atoms with van der Waals surface area (Å²) in [6.07, 6.45) is 4.64. The van der Waals surface area contributed by atoms with Crippen LogP contribution in [-0.4, -0.2) is 5.11 Å². The molecule has 0 radical (unpaired) electrons. The molecule has 0 aromatic carbocycles. The van der Waals surface area contributed by atoms with Crippen LogP contribution in [0.15, 0.2) is 24.0 Å². The molecule has 58 valence electrons. The molecule has 0 fully saturated rings. The van der Waals surface area contributed by atoms with Gasteiger partial charge in [0.05, 0.1) is 5.76 Å². The Kier molecular flexibility index (Phi) is 4.73. The van der Waals surface area contributed by atoms with Gasteiger partial charge in [-0.15, -0.1) is 0 Å². The second-order valence-corrected chi connectivity index (χ2v) is 2.44. The molecule has 1 N–H and O–H groups in total. The van der Waals surface area contributed by atoms with E-state index in [9.17, 15) is 5.11 Å². The number of aliphatic hydroxyl groups excluding tert-OH is 1. The molecule has 1 nitrogen and oxygen atoms in total. The lowest BCUT2D eigenvalue weighted by Crippen LogP contribution is -1.84. The maximum atomic E-state index is 9.26. The van der Waals surface area contributed by atoms with Gasteiger partial charge < -0.3 is 5.11 Å². The molecule has 10 heavy (non-hydrogen) atoms. The second-order valence-electron chi connectivity index (χ2n) is 2.44. The minimum absolute atomic E-state index is 0.483. The molecule has 0 aliphatic heterocycles. The topological polar surface area (TPSA) is 20.2 Å². The lowest BCUT2D eigenvalue weighted by atomic mass is 10.1. The minimum Gasteiger partial charge on any atom is -0.512 e. The molecule has 0 atom stereocenters. The van der Waals surface area contributed by atoms with E-state index in [1.165, 1.54) is 0 Å². The zero-order valence-corrected chi connectivity index (χ0v) is 6.85. The van der Waals surface area contributed by atoms with Crippen LogP contribution in [0.25, 0.3) is 0 Å². The van der Waals surface area contributed by atoms with E-state index in [1.54, 1.807) is 6.08 Å². The average Bonchev–Trinajstić information content (AvgIpc) is 1.98. The number of rotatable bonds is 4. The number of hydrogen-bond acceptors (Lipinski definition) is 1. The first-order valence-corrected chi connectivity index (χ1v) is 3.73. The zero-order chi connectivity index (χ0) is 7.98. The summed E-state index contributed by atoms with van der Waals surface area (Å²) in [6.45, 7) is 7.55. The normalized spacial score (nSPS) is 12.6. The maximum Gasteiger partial charge on any atom is 0.0951 e. The van der Waals surface area contributed by atoms with Crippen molar-refractivity contribution in [2.75, 3.05) is 0 Å². The van der Waals surface area contributed by atoms with Gasteiger partial charge in [0.15, 0.2) is 0 Å². The van der Waals surface area contributed by atoms with Crippen molar-refractivity contribution in [3.8, 4) is 0 Å². The third-order valence-corrected chi connectivity index (χ3v) is 1.53. The lowest BCUT2D eigenvalue weighted by Gasteiger charge is -1.99. The van der Waals surface area contributed by atoms with E-state index in [0.29, 0.717) is 5.76 Å². The van der Waals surface area contributed by atoms with Gasteiger partial charge in [-0.25, -0.2) is 0 Å². The quantitative estimate of drug-likeness (QED) is 0.469. The highest BCUT2D eigenvalue weighted by atomic mass is 16.3. The number of aliphatic hydroxyl groups is 1. The van der Waals surface area contributed by atoms with Crippen molar-refractivity contribution in [3.05, 3.63) is 24.0 Å². The van der Waals surface area contributed by atoms with E-state index < -0.39 is 0 Å². The fourth-order valence-electron chi connectivity index (χ4n) is 0.659. The van der Waals surface area contributed by atoms with Gasteiger partial charge in [-0.1, -0.05) is 26.0 Å². The van der Waals surface area contributed by atoms with Crippen molar-refractivity contribution in [2.24, 2.45) is 0 Å². The molecule has 0 aliphatic carbocycles. The molecule has 0 spiro atoms. The van der Waals surface area contributed by atoms with Crippen molar-refractivity contribution in [2.45, 2.75) is 33.1 Å². The number of hydrogen-bond donors (Lipinski definition) is 1. The first-order chi connectivity index (χ1) is 4.72. The standard InChI is InChI=1S/C9H16O/c1-4-6-7-9(10)8(3)5-2/h5,10H,2,4,6-7H2,1,3H3/b9-8+. The molecular weight excluding hydrogens is 124 g/mol. The Morgan fingerprint density at radius 1 is 1.60 bits per heavy atom. The summed E-state index contributed by atoms with van der Waals surface area (Å²) in [4.78, 5) is 0. The summed E-state index contributed by atoms with van der Waals surface area (Å²) in [6, 6.07) is 0. The van der Waals surface area contributed by atoms with Crippen LogP contribution in [0.2, 0.25) is 0 Å². The molecule has 0 bridgehead atoms. The van der Waals surface area contributed by atoms with Crippen LogP contribution in [0.1, 0.15) is 33.1 Å². The SMILES string of the molecule is C=C/C(C)=C(/O)CCCC. The molecule has 0 aliphatic rings. The monoisotopic (exact) mass is 140 g/mol. The van der Waals surface area contributed by atoms with Gasteiger partial charge in [0.25, 0.3) is 0 Å². The van der Waals surface area contributed by atoms with Crippen molar-refractivity contribution in [1.29, 1.82) is 0 Å². The molecule has 0 rings (SSSR count). The highest BCUT2D eigenvalue weighted by Gasteiger charge is 1.94. The molecular formula is C9H16O. The van der Waals surface area contributed by atoms with E-state index in [2.05, 4.69) is 13.5 Å². The van der Waals surface area contributed by atoms with Gasteiger partial charge in [0, 0.05) is 6.42 Å². The third-order valence-electron chi connectivity index (χ3n) is 1.53. The average molecular weight is 140 g/mol. The van der Waals surface area contributed by atoms with Crippen molar-refractivity contribution in [1.82, 2.24) is 0 Å². The van der Waals surface area contributed by atoms with Crippen LogP contribution < -0.4 is 0 Å². The molecule has 0 aromatic rings. The Hall–Kier alpha value is -0.720. The minimum atomic E-state index is 0.483. The smallest absolute Gasteiger partial charge is 0.0951 e. The summed E-state index contributed by atoms with van der Waals surface area (Å²) in [5.74, 6) is 0.483. The van der Waals surface area contributed by atoms with Crippen molar-refractivity contribution < 1.29 is 5.11 Å². The van der Waals surface area contributed by atoms with Crippen LogP contribution in [0.4, 0.5) is 0 Å². The highest BCUT2D eigenvalue weighted by Crippen LogP contribution is 2.09. The van der Waals surface area contributed by atoms with Crippen LogP contribution >= 0.6 is 0 Å². The van der Waals surface area contributed by atoms with Crippen LogP contribution in [0, 0.1) is 0 Å². The second kappa shape index (κ2) is 5.10. The van der Waals surface area contributed by atoms with Gasteiger partial charge in [-0.2, -0.15) is 0 Å². The molecule has 0 heterocycles. The van der Waals surface area contributed by atoms with Gasteiger partial charge in [0.1, 0.15) is 0 Å². The maximum absolute atomic E-state index is 9.26. The van der Waals surface area contributed by atoms with E-state index in [4.69, 9.17) is 0 Å². The summed E-state index contributed by atoms with van der Waals surface area (Å²) in [5, 5.41) is 9.26. The van der Waals surface area contributed by atoms with Gasteiger partial charge in [-0.3, -0.25) is 0 Å². The Labute approximate surface area is 63.1 Å². The number of unbranched alkanes of at least 4 members (excludes halogenated alkanes) is 1. The molecule has 0 saturated carbocycles. The van der Waals surface area contributed by atoms with E-state index in [0.717, 1.165) is 24.8 Å². The molecule has 0 amide bonds. The van der Waals surface area contributed by atoms with Gasteiger partial charge in [-0.05, 0) is 18.9 Å². The van der Waals surface area contributed by atoms with Crippen LogP contribution in [0.5, 0.6) is 0 Å². The third kappa shape index (κ3) is 3.33. The van der Waals surface area contributed by atoms with Crippen molar-refractivity contribution >= 4 is 0 Å². The lowest BCUT2D eigenvalue weighted by molar-refractivity contribution is 0.378. The van der Waals surface area contributed by atoms with Crippen molar-refractivity contribution in [3.63, 3.8) is 0 Å². The number of allylic oxidation sites excluding steroid dienone is 3. The first-order valence-electron chi connectivity index (χ1n) is 3.73. The first kappa shape index (κ1) is 9.28. The predicted octanol–water partition coefficient (Wildman–Crippen LogP) is 3.19. The fourth-order valence-corrected chi connectivity index (χ4v) is 0.659. The van der Waals surface area contributed by atoms with Crippen LogP contribution in [0.3, 0.4) is 0 Å². The Morgan fingerprint density at radius 3 is 2.60 bits per heavy atom. The van der Waals surface area contributed by atoms with Crippen LogP contribution in [-0.2, 0) is 0 Å². The zero-order valence-electron chi connectivity index (χ0n) is 6.85. The van der Waals surface area contributed by atoms with Gasteiger partial charge >= 0.3 is 0 Å². The molecule has 1 heteroatoms. The summed E-state index contributed by atoms with van der Waals surface area (Å²) in [5.41, 5.74) is 0.897. The Morgan fingerprint density at radius 2 is 2.20 bits per heavy atom. The summed E-state index contributed by atoms with van der Waals surface area (Å²) < 4.78 is 0. The van der Waals surface area contributed by atoms with Gasteiger partial charge in [0.2, 0.25) is 0 Å². The fraction of sp³-hybridized carbons (Fsp3) is 0.556. The van der Waals surface area contributed by atoms with E-state index >= 15 is 0 Å². The Bertz CT molecular complexity index is 134. The molecule has 0 unspecified atom stereocenters. The largest absolute Gasteiger partial charge is 0.512 e. The van der Waals surface area contributed by atoms with E-state index in [-0.39, 0.29) is 0 Å². The summed E-state index contributed by atoms with van der Waals surface area (Å²) in [7, 11) is 0. The van der Waals surface area contributed by atoms with E-state index in [1.807, 2.05) is 6.92 Å². The highest BCUT2D eigenvalue weighted by molar-refractivity contribution is 5.16. The molecule has 0 aromatic heterocycles. The Balaban J connectivity index is 3.79. The predicted molar refractivity (Wildman–Crippen MR) is 45.1 cm³/mol.